The summed E-state index contributed by atoms with van der Waals surface area (Å²) in [5, 5.41) is 3.31. The van der Waals surface area contributed by atoms with E-state index in [4.69, 9.17) is 5.73 Å². The van der Waals surface area contributed by atoms with E-state index in [2.05, 4.69) is 21.4 Å². The van der Waals surface area contributed by atoms with Crippen molar-refractivity contribution < 1.29 is 0 Å². The molecule has 4 heteroatoms. The first-order valence-electron chi connectivity index (χ1n) is 6.03. The molecule has 1 aromatic heterocycles. The van der Waals surface area contributed by atoms with Crippen molar-refractivity contribution >= 4 is 11.5 Å². The van der Waals surface area contributed by atoms with Crippen molar-refractivity contribution in [3.8, 4) is 0 Å². The van der Waals surface area contributed by atoms with Gasteiger partial charge in [0, 0.05) is 18.4 Å². The van der Waals surface area contributed by atoms with Gasteiger partial charge in [-0.05, 0) is 38.0 Å². The third kappa shape index (κ3) is 3.20. The number of rotatable bonds is 4. The lowest BCUT2D eigenvalue weighted by Crippen LogP contribution is -2.09. The Bertz CT molecular complexity index is 537. The Labute approximate surface area is 107 Å². The van der Waals surface area contributed by atoms with Gasteiger partial charge in [-0.25, -0.2) is 4.98 Å². The zero-order valence-electron chi connectivity index (χ0n) is 10.8. The van der Waals surface area contributed by atoms with E-state index in [0.29, 0.717) is 0 Å². The number of nitrogens with two attached hydrogens (primary N) is 1. The average Bonchev–Trinajstić information content (AvgIpc) is 2.34. The summed E-state index contributed by atoms with van der Waals surface area (Å²) in [6.07, 6.45) is 2.69. The lowest BCUT2D eigenvalue weighted by Gasteiger charge is -2.08. The van der Waals surface area contributed by atoms with Crippen LogP contribution >= 0.6 is 0 Å². The molecule has 0 atom stereocenters. The van der Waals surface area contributed by atoms with Gasteiger partial charge in [0.1, 0.15) is 5.82 Å². The number of nitrogens with zero attached hydrogens (tertiary/aromatic N) is 2. The highest BCUT2D eigenvalue weighted by molar-refractivity contribution is 5.42. The minimum absolute atomic E-state index is 0.805. The zero-order valence-corrected chi connectivity index (χ0v) is 10.8. The molecule has 4 nitrogen and oxygen atoms in total. The van der Waals surface area contributed by atoms with E-state index in [-0.39, 0.29) is 0 Å². The smallest absolute Gasteiger partial charge is 0.147 e. The average molecular weight is 242 g/mol. The van der Waals surface area contributed by atoms with Gasteiger partial charge >= 0.3 is 0 Å². The van der Waals surface area contributed by atoms with Gasteiger partial charge in [-0.1, -0.05) is 12.1 Å². The van der Waals surface area contributed by atoms with Gasteiger partial charge < -0.3 is 11.1 Å². The first-order chi connectivity index (χ1) is 8.65. The fourth-order valence-corrected chi connectivity index (χ4v) is 1.78. The first-order valence-corrected chi connectivity index (χ1v) is 6.03. The van der Waals surface area contributed by atoms with E-state index in [9.17, 15) is 0 Å². The van der Waals surface area contributed by atoms with Crippen molar-refractivity contribution in [1.29, 1.82) is 0 Å². The molecule has 0 aliphatic carbocycles. The molecular weight excluding hydrogens is 224 g/mol. The second kappa shape index (κ2) is 5.49. The van der Waals surface area contributed by atoms with E-state index in [1.807, 2.05) is 32.0 Å². The number of aryl methyl sites for hydroxylation is 2. The van der Waals surface area contributed by atoms with Crippen LogP contribution in [0.25, 0.3) is 0 Å². The predicted molar refractivity (Wildman–Crippen MR) is 74.6 cm³/mol. The first kappa shape index (κ1) is 12.4. The molecule has 0 aliphatic heterocycles. The van der Waals surface area contributed by atoms with E-state index < -0.39 is 0 Å². The zero-order chi connectivity index (χ0) is 13.0. The summed E-state index contributed by atoms with van der Waals surface area (Å²) in [5.74, 6) is 0.860. The molecule has 0 aliphatic rings. The lowest BCUT2D eigenvalue weighted by molar-refractivity contribution is 0.975. The van der Waals surface area contributed by atoms with Crippen molar-refractivity contribution in [1.82, 2.24) is 9.97 Å². The van der Waals surface area contributed by atoms with Gasteiger partial charge in [0.15, 0.2) is 0 Å². The molecule has 0 unspecified atom stereocenters. The highest BCUT2D eigenvalue weighted by Crippen LogP contribution is 2.10. The molecular formula is C14H18N4. The quantitative estimate of drug-likeness (QED) is 0.808. The van der Waals surface area contributed by atoms with Crippen LogP contribution in [-0.2, 0) is 6.42 Å². The van der Waals surface area contributed by atoms with Crippen LogP contribution in [0.5, 0.6) is 0 Å². The van der Waals surface area contributed by atoms with E-state index in [1.54, 1.807) is 6.20 Å². The highest BCUT2D eigenvalue weighted by Gasteiger charge is 2.01. The topological polar surface area (TPSA) is 63.8 Å². The number of anilines is 2. The Balaban J connectivity index is 1.94. The van der Waals surface area contributed by atoms with Crippen LogP contribution in [0.3, 0.4) is 0 Å². The molecule has 0 spiro atoms. The number of nitrogens with one attached hydrogen (secondary N) is 1. The summed E-state index contributed by atoms with van der Waals surface area (Å²) < 4.78 is 0. The van der Waals surface area contributed by atoms with Crippen LogP contribution in [0, 0.1) is 13.8 Å². The molecule has 94 valence electrons. The van der Waals surface area contributed by atoms with Crippen LogP contribution < -0.4 is 11.1 Å². The Morgan fingerprint density at radius 2 is 2.11 bits per heavy atom. The van der Waals surface area contributed by atoms with Gasteiger partial charge in [-0.2, -0.15) is 0 Å². The second-order valence-electron chi connectivity index (χ2n) is 4.37. The van der Waals surface area contributed by atoms with Crippen molar-refractivity contribution in [3.05, 3.63) is 47.4 Å². The van der Waals surface area contributed by atoms with Crippen LogP contribution in [-0.4, -0.2) is 16.5 Å². The summed E-state index contributed by atoms with van der Waals surface area (Å²) in [6.45, 7) is 4.72. The Kier molecular flexibility index (Phi) is 3.77. The molecule has 0 radical (unpaired) electrons. The number of hydrogen-bond acceptors (Lipinski definition) is 4. The fraction of sp³-hybridized carbons (Fsp3) is 0.286. The summed E-state index contributed by atoms with van der Waals surface area (Å²) in [5.41, 5.74) is 9.62. The maximum Gasteiger partial charge on any atom is 0.147 e. The maximum absolute atomic E-state index is 5.74. The molecule has 0 saturated carbocycles. The molecule has 0 saturated heterocycles. The van der Waals surface area contributed by atoms with E-state index >= 15 is 0 Å². The molecule has 0 fully saturated rings. The van der Waals surface area contributed by atoms with Crippen molar-refractivity contribution in [2.45, 2.75) is 20.3 Å². The number of aromatic nitrogens is 2. The SMILES string of the molecule is Cc1cnc(C)c(NCCc2cccc(N)c2)n1. The third-order valence-corrected chi connectivity index (χ3v) is 2.73. The molecule has 18 heavy (non-hydrogen) atoms. The lowest BCUT2D eigenvalue weighted by atomic mass is 10.1. The summed E-state index contributed by atoms with van der Waals surface area (Å²) in [6, 6.07) is 7.94. The summed E-state index contributed by atoms with van der Waals surface area (Å²) >= 11 is 0. The summed E-state index contributed by atoms with van der Waals surface area (Å²) in [4.78, 5) is 8.70. The molecule has 0 bridgehead atoms. The van der Waals surface area contributed by atoms with Crippen molar-refractivity contribution in [3.63, 3.8) is 0 Å². The number of benzene rings is 1. The second-order valence-corrected chi connectivity index (χ2v) is 4.37. The molecule has 2 rings (SSSR count). The molecule has 1 heterocycles. The minimum atomic E-state index is 0.805. The van der Waals surface area contributed by atoms with Crippen molar-refractivity contribution in [2.24, 2.45) is 0 Å². The third-order valence-electron chi connectivity index (χ3n) is 2.73. The minimum Gasteiger partial charge on any atom is -0.399 e. The van der Waals surface area contributed by atoms with Crippen LogP contribution in [0.1, 0.15) is 17.0 Å². The predicted octanol–water partition coefficient (Wildman–Crippen LogP) is 2.33. The summed E-state index contributed by atoms with van der Waals surface area (Å²) in [7, 11) is 0. The van der Waals surface area contributed by atoms with Gasteiger partial charge in [-0.15, -0.1) is 0 Å². The maximum atomic E-state index is 5.74. The molecule has 1 aromatic carbocycles. The van der Waals surface area contributed by atoms with Crippen LogP contribution in [0.4, 0.5) is 11.5 Å². The van der Waals surface area contributed by atoms with Crippen LogP contribution in [0.15, 0.2) is 30.5 Å². The van der Waals surface area contributed by atoms with Gasteiger partial charge in [-0.3, -0.25) is 4.98 Å². The number of nitrogen functional groups attached to an aromatic ring is 1. The molecule has 2 aromatic rings. The van der Waals surface area contributed by atoms with Gasteiger partial charge in [0.05, 0.1) is 11.4 Å². The van der Waals surface area contributed by atoms with Gasteiger partial charge in [0.25, 0.3) is 0 Å². The largest absolute Gasteiger partial charge is 0.399 e. The van der Waals surface area contributed by atoms with E-state index in [0.717, 1.165) is 35.9 Å². The molecule has 3 N–H and O–H groups in total. The Morgan fingerprint density at radius 1 is 1.28 bits per heavy atom. The highest BCUT2D eigenvalue weighted by atomic mass is 15.0. The molecule has 0 amide bonds. The van der Waals surface area contributed by atoms with E-state index in [1.165, 1.54) is 5.56 Å². The van der Waals surface area contributed by atoms with Crippen molar-refractivity contribution in [2.75, 3.05) is 17.6 Å². The van der Waals surface area contributed by atoms with Crippen LogP contribution in [0.2, 0.25) is 0 Å². The number of hydrogen-bond donors (Lipinski definition) is 2. The monoisotopic (exact) mass is 242 g/mol. The fourth-order valence-electron chi connectivity index (χ4n) is 1.78. The normalized spacial score (nSPS) is 10.3. The standard InChI is InChI=1S/C14H18N4/c1-10-9-17-11(2)14(18-10)16-7-6-12-4-3-5-13(15)8-12/h3-5,8-9H,6-7,15H2,1-2H3,(H,16,18). The van der Waals surface area contributed by atoms with Gasteiger partial charge in [0.2, 0.25) is 0 Å². The Hall–Kier alpha value is -2.10. The Morgan fingerprint density at radius 3 is 2.89 bits per heavy atom.